The van der Waals surface area contributed by atoms with Crippen molar-refractivity contribution in [3.05, 3.63) is 29.3 Å². The van der Waals surface area contributed by atoms with Gasteiger partial charge < -0.3 is 10.1 Å². The van der Waals surface area contributed by atoms with Crippen LogP contribution in [0, 0.1) is 6.92 Å². The molecule has 0 spiro atoms. The van der Waals surface area contributed by atoms with E-state index >= 15 is 0 Å². The Morgan fingerprint density at radius 1 is 1.29 bits per heavy atom. The van der Waals surface area contributed by atoms with Crippen molar-refractivity contribution >= 4 is 0 Å². The van der Waals surface area contributed by atoms with Crippen LogP contribution in [0.5, 0.6) is 5.75 Å². The van der Waals surface area contributed by atoms with Crippen molar-refractivity contribution in [1.82, 2.24) is 5.32 Å². The third kappa shape index (κ3) is 3.01. The first-order valence-corrected chi connectivity index (χ1v) is 6.65. The number of hydrogen-bond acceptors (Lipinski definition) is 2. The maximum absolute atomic E-state index is 6.05. The molecule has 0 heterocycles. The molecule has 1 aromatic rings. The van der Waals surface area contributed by atoms with Gasteiger partial charge in [-0.2, -0.15) is 0 Å². The Morgan fingerprint density at radius 3 is 2.59 bits per heavy atom. The topological polar surface area (TPSA) is 21.3 Å². The number of nitrogens with one attached hydrogen (secondary N) is 1. The number of aryl methyl sites for hydroxylation is 1. The number of benzene rings is 1. The van der Waals surface area contributed by atoms with Crippen LogP contribution in [-0.2, 0) is 0 Å². The van der Waals surface area contributed by atoms with E-state index in [0.717, 1.165) is 5.75 Å². The molecule has 1 aliphatic rings. The average molecular weight is 233 g/mol. The van der Waals surface area contributed by atoms with E-state index in [9.17, 15) is 0 Å². The van der Waals surface area contributed by atoms with E-state index in [-0.39, 0.29) is 0 Å². The molecule has 1 atom stereocenters. The van der Waals surface area contributed by atoms with Gasteiger partial charge in [0.1, 0.15) is 5.75 Å². The molecule has 2 nitrogen and oxygen atoms in total. The summed E-state index contributed by atoms with van der Waals surface area (Å²) in [6.45, 7) is 4.31. The largest absolute Gasteiger partial charge is 0.490 e. The molecule has 0 bridgehead atoms. The molecular weight excluding hydrogens is 210 g/mol. The van der Waals surface area contributed by atoms with Gasteiger partial charge in [0.25, 0.3) is 0 Å². The van der Waals surface area contributed by atoms with Gasteiger partial charge in [-0.3, -0.25) is 0 Å². The molecule has 1 aromatic carbocycles. The molecule has 0 saturated heterocycles. The van der Waals surface area contributed by atoms with Gasteiger partial charge in [-0.05, 0) is 63.8 Å². The summed E-state index contributed by atoms with van der Waals surface area (Å²) in [5.41, 5.74) is 2.57. The molecule has 2 heteroatoms. The highest BCUT2D eigenvalue weighted by molar-refractivity contribution is 5.37. The van der Waals surface area contributed by atoms with E-state index in [1.807, 2.05) is 7.05 Å². The van der Waals surface area contributed by atoms with E-state index in [4.69, 9.17) is 4.74 Å². The zero-order valence-corrected chi connectivity index (χ0v) is 11.1. The van der Waals surface area contributed by atoms with Crippen LogP contribution in [0.25, 0.3) is 0 Å². The smallest absolute Gasteiger partial charge is 0.122 e. The van der Waals surface area contributed by atoms with Crippen molar-refractivity contribution in [2.24, 2.45) is 0 Å². The minimum absolute atomic E-state index is 0.397. The molecule has 0 aliphatic heterocycles. The summed E-state index contributed by atoms with van der Waals surface area (Å²) in [4.78, 5) is 0. The highest BCUT2D eigenvalue weighted by Gasteiger charge is 2.17. The zero-order chi connectivity index (χ0) is 12.3. The van der Waals surface area contributed by atoms with Gasteiger partial charge in [0.05, 0.1) is 6.10 Å². The van der Waals surface area contributed by atoms with Crippen LogP contribution in [0.1, 0.15) is 49.8 Å². The van der Waals surface area contributed by atoms with E-state index < -0.39 is 0 Å². The lowest BCUT2D eigenvalue weighted by atomic mass is 10.1. The zero-order valence-electron chi connectivity index (χ0n) is 11.1. The molecule has 1 N–H and O–H groups in total. The predicted molar refractivity (Wildman–Crippen MR) is 71.5 cm³/mol. The van der Waals surface area contributed by atoms with Gasteiger partial charge in [-0.25, -0.2) is 0 Å². The second kappa shape index (κ2) is 5.54. The maximum Gasteiger partial charge on any atom is 0.122 e. The summed E-state index contributed by atoms with van der Waals surface area (Å²) in [6.07, 6.45) is 5.51. The second-order valence-corrected chi connectivity index (χ2v) is 5.06. The van der Waals surface area contributed by atoms with Crippen LogP contribution in [0.2, 0.25) is 0 Å². The third-order valence-electron chi connectivity index (χ3n) is 3.73. The van der Waals surface area contributed by atoms with E-state index in [0.29, 0.717) is 12.1 Å². The van der Waals surface area contributed by atoms with Gasteiger partial charge in [0.2, 0.25) is 0 Å². The van der Waals surface area contributed by atoms with Crippen LogP contribution in [0.3, 0.4) is 0 Å². The van der Waals surface area contributed by atoms with E-state index in [1.54, 1.807) is 0 Å². The van der Waals surface area contributed by atoms with Gasteiger partial charge in [-0.1, -0.05) is 12.1 Å². The first kappa shape index (κ1) is 12.4. The fraction of sp³-hybridized carbons (Fsp3) is 0.600. The molecule has 1 aliphatic carbocycles. The Labute approximate surface area is 104 Å². The number of ether oxygens (including phenoxy) is 1. The van der Waals surface area contributed by atoms with Crippen molar-refractivity contribution in [1.29, 1.82) is 0 Å². The SMILES string of the molecule is CNC(C)c1ccc(OC2CCCC2)c(C)c1. The number of rotatable bonds is 4. The van der Waals surface area contributed by atoms with Crippen molar-refractivity contribution in [2.45, 2.75) is 51.7 Å². The summed E-state index contributed by atoms with van der Waals surface area (Å²) in [5, 5.41) is 3.26. The van der Waals surface area contributed by atoms with Crippen LogP contribution >= 0.6 is 0 Å². The molecule has 1 saturated carbocycles. The maximum atomic E-state index is 6.05. The summed E-state index contributed by atoms with van der Waals surface area (Å²) in [5.74, 6) is 1.06. The lowest BCUT2D eigenvalue weighted by Crippen LogP contribution is -2.14. The number of hydrogen-bond donors (Lipinski definition) is 1. The summed E-state index contributed by atoms with van der Waals surface area (Å²) < 4.78 is 6.05. The average Bonchev–Trinajstić information content (AvgIpc) is 2.83. The first-order chi connectivity index (χ1) is 8.20. The van der Waals surface area contributed by atoms with E-state index in [1.165, 1.54) is 36.8 Å². The summed E-state index contributed by atoms with van der Waals surface area (Å²) in [6, 6.07) is 6.91. The molecule has 1 unspecified atom stereocenters. The Kier molecular flexibility index (Phi) is 4.06. The molecule has 94 valence electrons. The first-order valence-electron chi connectivity index (χ1n) is 6.65. The van der Waals surface area contributed by atoms with Crippen molar-refractivity contribution < 1.29 is 4.74 Å². The normalized spacial score (nSPS) is 18.3. The Bertz CT molecular complexity index is 369. The Hall–Kier alpha value is -1.02. The van der Waals surface area contributed by atoms with Crippen molar-refractivity contribution in [2.75, 3.05) is 7.05 Å². The lowest BCUT2D eigenvalue weighted by molar-refractivity contribution is 0.208. The highest BCUT2D eigenvalue weighted by Crippen LogP contribution is 2.28. The monoisotopic (exact) mass is 233 g/mol. The fourth-order valence-electron chi connectivity index (χ4n) is 2.43. The van der Waals surface area contributed by atoms with Crippen LogP contribution in [0.15, 0.2) is 18.2 Å². The standard InChI is InChI=1S/C15H23NO/c1-11-10-13(12(2)16-3)8-9-15(11)17-14-6-4-5-7-14/h8-10,12,14,16H,4-7H2,1-3H3. The second-order valence-electron chi connectivity index (χ2n) is 5.06. The van der Waals surface area contributed by atoms with E-state index in [2.05, 4.69) is 37.4 Å². The lowest BCUT2D eigenvalue weighted by Gasteiger charge is -2.17. The molecular formula is C15H23NO. The highest BCUT2D eigenvalue weighted by atomic mass is 16.5. The van der Waals surface area contributed by atoms with Crippen LogP contribution in [-0.4, -0.2) is 13.2 Å². The van der Waals surface area contributed by atoms with Gasteiger partial charge in [0.15, 0.2) is 0 Å². The third-order valence-corrected chi connectivity index (χ3v) is 3.73. The van der Waals surface area contributed by atoms with Crippen molar-refractivity contribution in [3.8, 4) is 5.75 Å². The van der Waals surface area contributed by atoms with Crippen LogP contribution < -0.4 is 10.1 Å². The Morgan fingerprint density at radius 2 is 2.00 bits per heavy atom. The quantitative estimate of drug-likeness (QED) is 0.858. The van der Waals surface area contributed by atoms with Gasteiger partial charge in [-0.15, -0.1) is 0 Å². The van der Waals surface area contributed by atoms with Crippen molar-refractivity contribution in [3.63, 3.8) is 0 Å². The minimum Gasteiger partial charge on any atom is -0.490 e. The minimum atomic E-state index is 0.397. The molecule has 2 rings (SSSR count). The molecule has 0 amide bonds. The summed E-state index contributed by atoms with van der Waals surface area (Å²) in [7, 11) is 1.99. The fourth-order valence-corrected chi connectivity index (χ4v) is 2.43. The predicted octanol–water partition coefficient (Wildman–Crippen LogP) is 3.60. The van der Waals surface area contributed by atoms with Gasteiger partial charge >= 0.3 is 0 Å². The Balaban J connectivity index is 2.08. The summed E-state index contributed by atoms with van der Waals surface area (Å²) >= 11 is 0. The van der Waals surface area contributed by atoms with Crippen LogP contribution in [0.4, 0.5) is 0 Å². The van der Waals surface area contributed by atoms with Gasteiger partial charge in [0, 0.05) is 6.04 Å². The molecule has 1 fully saturated rings. The molecule has 17 heavy (non-hydrogen) atoms. The molecule has 0 aromatic heterocycles. The molecule has 0 radical (unpaired) electrons.